The van der Waals surface area contributed by atoms with Crippen LogP contribution in [0.25, 0.3) is 0 Å². The van der Waals surface area contributed by atoms with Gasteiger partial charge in [-0.3, -0.25) is 9.59 Å². The highest BCUT2D eigenvalue weighted by Gasteiger charge is 2.12. The molecule has 5 heteroatoms. The summed E-state index contributed by atoms with van der Waals surface area (Å²) in [5.74, 6) is -0.566. The number of hydrogen-bond acceptors (Lipinski definition) is 5. The molecule has 1 atom stereocenters. The lowest BCUT2D eigenvalue weighted by Crippen LogP contribution is -2.25. The molecule has 260 valence electrons. The highest BCUT2D eigenvalue weighted by Crippen LogP contribution is 2.14. The fourth-order valence-electron chi connectivity index (χ4n) is 5.55. The van der Waals surface area contributed by atoms with Gasteiger partial charge >= 0.3 is 11.9 Å². The summed E-state index contributed by atoms with van der Waals surface area (Å²) in [6.07, 6.45) is 39.7. The van der Waals surface area contributed by atoms with Gasteiger partial charge in [0.15, 0.2) is 0 Å². The van der Waals surface area contributed by atoms with Crippen molar-refractivity contribution < 1.29 is 24.2 Å². The zero-order valence-corrected chi connectivity index (χ0v) is 29.4. The van der Waals surface area contributed by atoms with E-state index in [0.717, 1.165) is 38.5 Å². The summed E-state index contributed by atoms with van der Waals surface area (Å²) in [6, 6.07) is 0. The van der Waals surface area contributed by atoms with E-state index in [1.807, 2.05) is 0 Å². The van der Waals surface area contributed by atoms with Crippen LogP contribution in [0.4, 0.5) is 0 Å². The second-order valence-electron chi connectivity index (χ2n) is 13.1. The summed E-state index contributed by atoms with van der Waals surface area (Å²) in [4.78, 5) is 23.9. The summed E-state index contributed by atoms with van der Waals surface area (Å²) in [7, 11) is 0. The third kappa shape index (κ3) is 35.1. The van der Waals surface area contributed by atoms with Crippen molar-refractivity contribution in [3.05, 3.63) is 12.2 Å². The lowest BCUT2D eigenvalue weighted by atomic mass is 10.0. The second kappa shape index (κ2) is 36.1. The van der Waals surface area contributed by atoms with E-state index in [1.54, 1.807) is 0 Å². The number of rotatable bonds is 35. The maximum absolute atomic E-state index is 11.9. The van der Waals surface area contributed by atoms with Gasteiger partial charge < -0.3 is 14.6 Å². The first-order valence-electron chi connectivity index (χ1n) is 19.2. The van der Waals surface area contributed by atoms with Crippen molar-refractivity contribution in [2.24, 2.45) is 0 Å². The Morgan fingerprint density at radius 3 is 1.05 bits per heavy atom. The molecule has 0 heterocycles. The molecule has 0 unspecified atom stereocenters. The van der Waals surface area contributed by atoms with Crippen LogP contribution in [0.1, 0.15) is 206 Å². The van der Waals surface area contributed by atoms with E-state index in [9.17, 15) is 14.7 Å². The third-order valence-corrected chi connectivity index (χ3v) is 8.50. The second-order valence-corrected chi connectivity index (χ2v) is 13.1. The lowest BCUT2D eigenvalue weighted by Gasteiger charge is -2.12. The van der Waals surface area contributed by atoms with Gasteiger partial charge in [0.05, 0.1) is 0 Å². The molecular weight excluding hydrogens is 548 g/mol. The number of allylic oxidation sites excluding steroid dienone is 2. The molecule has 0 aromatic heterocycles. The first kappa shape index (κ1) is 42.6. The molecule has 0 saturated heterocycles. The molecule has 0 fully saturated rings. The van der Waals surface area contributed by atoms with Crippen molar-refractivity contribution >= 4 is 11.9 Å². The highest BCUT2D eigenvalue weighted by molar-refractivity contribution is 5.69. The number of esters is 2. The predicted molar refractivity (Wildman–Crippen MR) is 187 cm³/mol. The fraction of sp³-hybridized carbons (Fsp3) is 0.897. The third-order valence-electron chi connectivity index (χ3n) is 8.50. The van der Waals surface area contributed by atoms with Gasteiger partial charge in [-0.05, 0) is 38.5 Å². The lowest BCUT2D eigenvalue weighted by molar-refractivity contribution is -0.152. The van der Waals surface area contributed by atoms with Crippen LogP contribution in [0.3, 0.4) is 0 Å². The van der Waals surface area contributed by atoms with Crippen LogP contribution in [0.5, 0.6) is 0 Å². The van der Waals surface area contributed by atoms with Crippen molar-refractivity contribution in [1.82, 2.24) is 0 Å². The summed E-state index contributed by atoms with van der Waals surface area (Å²) >= 11 is 0. The van der Waals surface area contributed by atoms with Gasteiger partial charge in [0.1, 0.15) is 19.3 Å². The Hall–Kier alpha value is -1.36. The van der Waals surface area contributed by atoms with E-state index >= 15 is 0 Å². The van der Waals surface area contributed by atoms with E-state index in [-0.39, 0.29) is 25.2 Å². The minimum absolute atomic E-state index is 0.113. The molecular formula is C39H74O5. The maximum Gasteiger partial charge on any atom is 0.305 e. The van der Waals surface area contributed by atoms with Gasteiger partial charge in [0.2, 0.25) is 0 Å². The van der Waals surface area contributed by atoms with E-state index in [0.29, 0.717) is 12.8 Å². The van der Waals surface area contributed by atoms with E-state index in [1.165, 1.54) is 141 Å². The topological polar surface area (TPSA) is 72.8 Å². The zero-order valence-electron chi connectivity index (χ0n) is 29.4. The molecule has 0 radical (unpaired) electrons. The zero-order chi connectivity index (χ0) is 32.2. The molecule has 44 heavy (non-hydrogen) atoms. The average molecular weight is 623 g/mol. The molecule has 0 saturated carbocycles. The van der Waals surface area contributed by atoms with Crippen LogP contribution in [-0.2, 0) is 19.1 Å². The monoisotopic (exact) mass is 623 g/mol. The Bertz CT molecular complexity index is 632. The van der Waals surface area contributed by atoms with E-state index in [2.05, 4.69) is 26.0 Å². The molecule has 1 N–H and O–H groups in total. The highest BCUT2D eigenvalue weighted by atomic mass is 16.6. The first-order chi connectivity index (χ1) is 21.6. The van der Waals surface area contributed by atoms with E-state index < -0.39 is 6.10 Å². The smallest absolute Gasteiger partial charge is 0.305 e. The maximum atomic E-state index is 11.9. The molecule has 5 nitrogen and oxygen atoms in total. The Labute approximate surface area is 273 Å². The van der Waals surface area contributed by atoms with Gasteiger partial charge in [-0.2, -0.15) is 0 Å². The van der Waals surface area contributed by atoms with Gasteiger partial charge in [-0.1, -0.05) is 167 Å². The Kier molecular flexibility index (Phi) is 35.0. The number of aliphatic hydroxyl groups excluding tert-OH is 1. The minimum Gasteiger partial charge on any atom is -0.463 e. The van der Waals surface area contributed by atoms with Crippen LogP contribution in [0, 0.1) is 0 Å². The largest absolute Gasteiger partial charge is 0.463 e. The normalized spacial score (nSPS) is 12.2. The Morgan fingerprint density at radius 2 is 0.727 bits per heavy atom. The molecule has 0 aromatic carbocycles. The first-order valence-corrected chi connectivity index (χ1v) is 19.2. The average Bonchev–Trinajstić information content (AvgIpc) is 3.02. The van der Waals surface area contributed by atoms with Crippen molar-refractivity contribution in [2.45, 2.75) is 213 Å². The molecule has 0 aliphatic heterocycles. The number of carbonyl (C=O) groups is 2. The van der Waals surface area contributed by atoms with Crippen molar-refractivity contribution in [3.63, 3.8) is 0 Å². The van der Waals surface area contributed by atoms with Gasteiger partial charge in [0.25, 0.3) is 0 Å². The number of ether oxygens (including phenoxy) is 2. The molecule has 0 spiro atoms. The SMILES string of the molecule is CCCCCCCC/C=C\CCCCCCCC(=O)OC[C@H](O)COC(=O)CCCCCCCCCCCCCCCCC. The van der Waals surface area contributed by atoms with Crippen LogP contribution in [-0.4, -0.2) is 36.4 Å². The number of unbranched alkanes of at least 4 members (excludes halogenated alkanes) is 25. The number of carbonyl (C=O) groups excluding carboxylic acids is 2. The predicted octanol–water partition coefficient (Wildman–Crippen LogP) is 11.7. The standard InChI is InChI=1S/C39H74O5/c1-3-5-7-9-11-13-15-17-19-21-23-25-27-29-31-33-38(41)43-35-37(40)36-44-39(42)34-32-30-28-26-24-22-20-18-16-14-12-10-8-6-4-2/h17,19,37,40H,3-16,18,20-36H2,1-2H3/b19-17-/t37-/m0/s1. The minimum atomic E-state index is -0.960. The van der Waals surface area contributed by atoms with Gasteiger partial charge in [-0.25, -0.2) is 0 Å². The summed E-state index contributed by atoms with van der Waals surface area (Å²) in [5.41, 5.74) is 0. The fourth-order valence-corrected chi connectivity index (χ4v) is 5.55. The van der Waals surface area contributed by atoms with E-state index in [4.69, 9.17) is 9.47 Å². The summed E-state index contributed by atoms with van der Waals surface area (Å²) < 4.78 is 10.3. The number of aliphatic hydroxyl groups is 1. The van der Waals surface area contributed by atoms with Crippen molar-refractivity contribution in [2.75, 3.05) is 13.2 Å². The van der Waals surface area contributed by atoms with Crippen LogP contribution in [0.2, 0.25) is 0 Å². The van der Waals surface area contributed by atoms with Gasteiger partial charge in [-0.15, -0.1) is 0 Å². The molecule has 0 aliphatic rings. The van der Waals surface area contributed by atoms with Gasteiger partial charge in [0, 0.05) is 12.8 Å². The Balaban J connectivity index is 3.41. The van der Waals surface area contributed by atoms with Crippen molar-refractivity contribution in [1.29, 1.82) is 0 Å². The summed E-state index contributed by atoms with van der Waals surface area (Å²) in [6.45, 7) is 4.30. The van der Waals surface area contributed by atoms with Crippen LogP contribution in [0.15, 0.2) is 12.2 Å². The Morgan fingerprint density at radius 1 is 0.455 bits per heavy atom. The molecule has 0 rings (SSSR count). The molecule has 0 amide bonds. The quantitative estimate of drug-likeness (QED) is 0.0432. The molecule has 0 aromatic rings. The van der Waals surface area contributed by atoms with Crippen LogP contribution >= 0.6 is 0 Å². The molecule has 0 bridgehead atoms. The van der Waals surface area contributed by atoms with Crippen molar-refractivity contribution in [3.8, 4) is 0 Å². The summed E-state index contributed by atoms with van der Waals surface area (Å²) in [5, 5.41) is 9.99. The van der Waals surface area contributed by atoms with Crippen LogP contribution < -0.4 is 0 Å². The number of hydrogen-bond donors (Lipinski definition) is 1. The molecule has 0 aliphatic carbocycles.